The molecule has 2 rings (SSSR count). The summed E-state index contributed by atoms with van der Waals surface area (Å²) in [6.07, 6.45) is 3.76. The van der Waals surface area contributed by atoms with Gasteiger partial charge in [-0.3, -0.25) is 4.79 Å². The zero-order chi connectivity index (χ0) is 13.7. The predicted octanol–water partition coefficient (Wildman–Crippen LogP) is 0.278. The standard InChI is InChI=1S/C14H26N2O3/c1-2-6-15-12-9-19-8-11(12)14(18)16-7-10-4-3-5-13(10)17/h10-13,15,17H,2-9H2,1H3,(H,16,18). The lowest BCUT2D eigenvalue weighted by molar-refractivity contribution is -0.125. The number of aliphatic hydroxyl groups excluding tert-OH is 1. The molecule has 5 heteroatoms. The molecule has 0 bridgehead atoms. The van der Waals surface area contributed by atoms with Gasteiger partial charge in [0, 0.05) is 18.5 Å². The molecule has 1 saturated heterocycles. The minimum Gasteiger partial charge on any atom is -0.393 e. The lowest BCUT2D eigenvalue weighted by atomic mass is 10.0. The zero-order valence-corrected chi connectivity index (χ0v) is 11.7. The minimum atomic E-state index is -0.242. The highest BCUT2D eigenvalue weighted by Gasteiger charge is 2.34. The number of aliphatic hydroxyl groups is 1. The fourth-order valence-corrected chi connectivity index (χ4v) is 2.96. The summed E-state index contributed by atoms with van der Waals surface area (Å²) >= 11 is 0. The van der Waals surface area contributed by atoms with Gasteiger partial charge in [-0.15, -0.1) is 0 Å². The molecule has 110 valence electrons. The SMILES string of the molecule is CCCNC1COCC1C(=O)NCC1CCCC1O. The van der Waals surface area contributed by atoms with Crippen molar-refractivity contribution in [1.29, 1.82) is 0 Å². The van der Waals surface area contributed by atoms with Crippen LogP contribution in [0.1, 0.15) is 32.6 Å². The van der Waals surface area contributed by atoms with Gasteiger partial charge in [-0.2, -0.15) is 0 Å². The van der Waals surface area contributed by atoms with E-state index >= 15 is 0 Å². The highest BCUT2D eigenvalue weighted by molar-refractivity contribution is 5.79. The largest absolute Gasteiger partial charge is 0.393 e. The van der Waals surface area contributed by atoms with Crippen LogP contribution in [-0.2, 0) is 9.53 Å². The number of carbonyl (C=O) groups excluding carboxylic acids is 1. The summed E-state index contributed by atoms with van der Waals surface area (Å²) in [6.45, 7) is 4.74. The third kappa shape index (κ3) is 3.91. The second-order valence-corrected chi connectivity index (χ2v) is 5.71. The maximum Gasteiger partial charge on any atom is 0.227 e. The van der Waals surface area contributed by atoms with E-state index in [1.807, 2.05) is 0 Å². The van der Waals surface area contributed by atoms with Gasteiger partial charge in [0.1, 0.15) is 0 Å². The van der Waals surface area contributed by atoms with Gasteiger partial charge in [-0.1, -0.05) is 13.3 Å². The van der Waals surface area contributed by atoms with Crippen molar-refractivity contribution in [3.63, 3.8) is 0 Å². The Balaban J connectivity index is 1.75. The van der Waals surface area contributed by atoms with E-state index in [0.29, 0.717) is 19.8 Å². The smallest absolute Gasteiger partial charge is 0.227 e. The first-order chi connectivity index (χ1) is 9.22. The van der Waals surface area contributed by atoms with E-state index in [1.54, 1.807) is 0 Å². The van der Waals surface area contributed by atoms with Crippen LogP contribution in [-0.4, -0.2) is 49.5 Å². The van der Waals surface area contributed by atoms with Gasteiger partial charge < -0.3 is 20.5 Å². The minimum absolute atomic E-state index is 0.0604. The summed E-state index contributed by atoms with van der Waals surface area (Å²) < 4.78 is 5.41. The Labute approximate surface area is 115 Å². The van der Waals surface area contributed by atoms with Crippen molar-refractivity contribution in [2.75, 3.05) is 26.3 Å². The molecule has 19 heavy (non-hydrogen) atoms. The number of rotatable bonds is 6. The van der Waals surface area contributed by atoms with Gasteiger partial charge in [-0.05, 0) is 25.8 Å². The molecule has 0 aromatic heterocycles. The van der Waals surface area contributed by atoms with E-state index in [9.17, 15) is 9.90 Å². The molecule has 2 fully saturated rings. The van der Waals surface area contributed by atoms with Crippen LogP contribution in [0.15, 0.2) is 0 Å². The molecule has 4 unspecified atom stereocenters. The maximum absolute atomic E-state index is 12.2. The quantitative estimate of drug-likeness (QED) is 0.648. The summed E-state index contributed by atoms with van der Waals surface area (Å²) in [5.74, 6) is 0.198. The molecule has 1 saturated carbocycles. The van der Waals surface area contributed by atoms with Crippen LogP contribution in [0.2, 0.25) is 0 Å². The third-order valence-corrected chi connectivity index (χ3v) is 4.23. The van der Waals surface area contributed by atoms with Gasteiger partial charge in [0.05, 0.1) is 25.2 Å². The average molecular weight is 270 g/mol. The predicted molar refractivity (Wildman–Crippen MR) is 72.7 cm³/mol. The molecule has 0 aromatic carbocycles. The van der Waals surface area contributed by atoms with E-state index in [0.717, 1.165) is 32.2 Å². The molecular weight excluding hydrogens is 244 g/mol. The second kappa shape index (κ2) is 7.22. The lowest BCUT2D eigenvalue weighted by Crippen LogP contribution is -2.45. The molecule has 1 amide bonds. The van der Waals surface area contributed by atoms with E-state index in [4.69, 9.17) is 4.74 Å². The number of carbonyl (C=O) groups is 1. The molecule has 1 aliphatic carbocycles. The van der Waals surface area contributed by atoms with Crippen molar-refractivity contribution in [3.05, 3.63) is 0 Å². The lowest BCUT2D eigenvalue weighted by Gasteiger charge is -2.20. The Morgan fingerprint density at radius 3 is 2.89 bits per heavy atom. The van der Waals surface area contributed by atoms with Crippen molar-refractivity contribution >= 4 is 5.91 Å². The highest BCUT2D eigenvalue weighted by atomic mass is 16.5. The molecule has 0 aromatic rings. The second-order valence-electron chi connectivity index (χ2n) is 5.71. The number of amides is 1. The molecule has 1 heterocycles. The van der Waals surface area contributed by atoms with Gasteiger partial charge >= 0.3 is 0 Å². The Morgan fingerprint density at radius 1 is 1.37 bits per heavy atom. The first kappa shape index (κ1) is 14.8. The molecule has 2 aliphatic rings. The molecule has 1 aliphatic heterocycles. The Hall–Kier alpha value is -0.650. The van der Waals surface area contributed by atoms with E-state index < -0.39 is 0 Å². The molecular formula is C14H26N2O3. The van der Waals surface area contributed by atoms with Crippen molar-refractivity contribution < 1.29 is 14.6 Å². The van der Waals surface area contributed by atoms with E-state index in [1.165, 1.54) is 0 Å². The summed E-state index contributed by atoms with van der Waals surface area (Å²) in [7, 11) is 0. The monoisotopic (exact) mass is 270 g/mol. The van der Waals surface area contributed by atoms with Gasteiger partial charge in [-0.25, -0.2) is 0 Å². The van der Waals surface area contributed by atoms with Crippen LogP contribution in [0.4, 0.5) is 0 Å². The highest BCUT2D eigenvalue weighted by Crippen LogP contribution is 2.25. The van der Waals surface area contributed by atoms with E-state index in [2.05, 4.69) is 17.6 Å². The molecule has 5 nitrogen and oxygen atoms in total. The maximum atomic E-state index is 12.2. The Kier molecular flexibility index (Phi) is 5.60. The van der Waals surface area contributed by atoms with Gasteiger partial charge in [0.15, 0.2) is 0 Å². The van der Waals surface area contributed by atoms with Crippen LogP contribution in [0, 0.1) is 11.8 Å². The average Bonchev–Trinajstić information content (AvgIpc) is 3.02. The Bertz CT molecular complexity index is 298. The summed E-state index contributed by atoms with van der Waals surface area (Å²) in [4.78, 5) is 12.2. The van der Waals surface area contributed by atoms with Gasteiger partial charge in [0.25, 0.3) is 0 Å². The summed E-state index contributed by atoms with van der Waals surface area (Å²) in [5, 5.41) is 16.1. The molecule has 4 atom stereocenters. The van der Waals surface area contributed by atoms with Crippen molar-refractivity contribution in [3.8, 4) is 0 Å². The summed E-state index contributed by atoms with van der Waals surface area (Å²) in [5.41, 5.74) is 0. The van der Waals surface area contributed by atoms with Crippen molar-refractivity contribution in [2.45, 2.75) is 44.8 Å². The molecule has 0 radical (unpaired) electrons. The van der Waals surface area contributed by atoms with Crippen LogP contribution in [0.3, 0.4) is 0 Å². The number of ether oxygens (including phenoxy) is 1. The first-order valence-corrected chi connectivity index (χ1v) is 7.49. The van der Waals surface area contributed by atoms with Crippen LogP contribution in [0.25, 0.3) is 0 Å². The van der Waals surface area contributed by atoms with Crippen molar-refractivity contribution in [1.82, 2.24) is 10.6 Å². The van der Waals surface area contributed by atoms with E-state index in [-0.39, 0.29) is 29.9 Å². The summed E-state index contributed by atoms with van der Waals surface area (Å²) in [6, 6.07) is 0.133. The number of hydrogen-bond acceptors (Lipinski definition) is 4. The normalized spacial score (nSPS) is 34.6. The zero-order valence-electron chi connectivity index (χ0n) is 11.7. The molecule has 3 N–H and O–H groups in total. The third-order valence-electron chi connectivity index (χ3n) is 4.23. The van der Waals surface area contributed by atoms with Crippen molar-refractivity contribution in [2.24, 2.45) is 11.8 Å². The fourth-order valence-electron chi connectivity index (χ4n) is 2.96. The fraction of sp³-hybridized carbons (Fsp3) is 0.929. The topological polar surface area (TPSA) is 70.6 Å². The van der Waals surface area contributed by atoms with Crippen LogP contribution in [0.5, 0.6) is 0 Å². The van der Waals surface area contributed by atoms with Crippen LogP contribution >= 0.6 is 0 Å². The number of hydrogen-bond donors (Lipinski definition) is 3. The Morgan fingerprint density at radius 2 is 2.21 bits per heavy atom. The first-order valence-electron chi connectivity index (χ1n) is 7.49. The number of nitrogens with one attached hydrogen (secondary N) is 2. The van der Waals surface area contributed by atoms with Crippen LogP contribution < -0.4 is 10.6 Å². The molecule has 0 spiro atoms. The van der Waals surface area contributed by atoms with Gasteiger partial charge in [0.2, 0.25) is 5.91 Å².